The first-order valence-corrected chi connectivity index (χ1v) is 17.8. The number of benzene rings is 6. The Bertz CT molecular complexity index is 2800. The second-order valence-electron chi connectivity index (χ2n) is 12.7. The number of hydrogen-bond acceptors (Lipinski definition) is 4. The van der Waals surface area contributed by atoms with Crippen LogP contribution < -0.4 is 10.6 Å². The molecule has 5 heteroatoms. The van der Waals surface area contributed by atoms with Crippen molar-refractivity contribution in [3.05, 3.63) is 156 Å². The first kappa shape index (κ1) is 28.8. The van der Waals surface area contributed by atoms with E-state index in [-0.39, 0.29) is 0 Å². The highest BCUT2D eigenvalue weighted by Crippen LogP contribution is 2.43. The molecule has 0 aliphatic heterocycles. The van der Waals surface area contributed by atoms with Crippen LogP contribution in [0.2, 0.25) is 0 Å². The molecule has 3 heterocycles. The predicted octanol–water partition coefficient (Wildman–Crippen LogP) is 10.2. The number of para-hydroxylation sites is 1. The van der Waals surface area contributed by atoms with Gasteiger partial charge in [-0.1, -0.05) is 115 Å². The molecule has 6 aromatic carbocycles. The highest BCUT2D eigenvalue weighted by Gasteiger charge is 2.20. The summed E-state index contributed by atoms with van der Waals surface area (Å²) in [5.41, 5.74) is 7.65. The molecule has 4 nitrogen and oxygen atoms in total. The molecule has 0 bridgehead atoms. The van der Waals surface area contributed by atoms with Crippen molar-refractivity contribution in [2.45, 2.75) is 12.8 Å². The molecule has 1 aliphatic carbocycles. The van der Waals surface area contributed by atoms with E-state index < -0.39 is 0 Å². The van der Waals surface area contributed by atoms with E-state index >= 15 is 0 Å². The number of thiophene rings is 1. The molecule has 3 aromatic heterocycles. The molecule has 0 N–H and O–H groups in total. The van der Waals surface area contributed by atoms with Gasteiger partial charge in [0, 0.05) is 58.5 Å². The molecule has 9 aromatic rings. The van der Waals surface area contributed by atoms with Crippen molar-refractivity contribution < 1.29 is 0 Å². The fourth-order valence-corrected chi connectivity index (χ4v) is 8.53. The van der Waals surface area contributed by atoms with E-state index in [1.807, 2.05) is 47.7 Å². The van der Waals surface area contributed by atoms with Gasteiger partial charge in [0.05, 0.1) is 5.52 Å². The van der Waals surface area contributed by atoms with Crippen LogP contribution in [0.3, 0.4) is 0 Å². The molecule has 1 aliphatic rings. The van der Waals surface area contributed by atoms with Gasteiger partial charge < -0.3 is 4.57 Å². The summed E-state index contributed by atoms with van der Waals surface area (Å²) in [6.45, 7) is 0. The first-order valence-electron chi connectivity index (χ1n) is 17.0. The van der Waals surface area contributed by atoms with Crippen LogP contribution in [0.25, 0.3) is 94.2 Å². The van der Waals surface area contributed by atoms with Crippen molar-refractivity contribution in [3.63, 3.8) is 0 Å². The lowest BCUT2D eigenvalue weighted by atomic mass is 9.97. The fraction of sp³-hybridized carbons (Fsp3) is 0.0444. The molecule has 50 heavy (non-hydrogen) atoms. The smallest absolute Gasteiger partial charge is 0.164 e. The summed E-state index contributed by atoms with van der Waals surface area (Å²) in [6, 6.07) is 51.3. The van der Waals surface area contributed by atoms with E-state index in [0.29, 0.717) is 17.5 Å². The molecule has 0 spiro atoms. The van der Waals surface area contributed by atoms with Crippen molar-refractivity contribution in [1.29, 1.82) is 0 Å². The SMILES string of the molecule is C1=c2c(n(-c3ccccc3)c3ccc(-c4cc(-c5nc(-c6ccccc6)nc(-c6ccccc6)n5)c5c(c4)sc4ccccc45)cc23)=CCC1. The van der Waals surface area contributed by atoms with Crippen molar-refractivity contribution >= 4 is 54.6 Å². The summed E-state index contributed by atoms with van der Waals surface area (Å²) < 4.78 is 4.87. The van der Waals surface area contributed by atoms with Crippen LogP contribution >= 0.6 is 11.3 Å². The van der Waals surface area contributed by atoms with Gasteiger partial charge in [0.2, 0.25) is 0 Å². The van der Waals surface area contributed by atoms with Gasteiger partial charge in [-0.05, 0) is 66.4 Å². The minimum Gasteiger partial charge on any atom is -0.310 e. The predicted molar refractivity (Wildman–Crippen MR) is 209 cm³/mol. The first-order chi connectivity index (χ1) is 24.8. The topological polar surface area (TPSA) is 43.6 Å². The Morgan fingerprint density at radius 3 is 1.86 bits per heavy atom. The zero-order chi connectivity index (χ0) is 33.0. The van der Waals surface area contributed by atoms with Crippen LogP contribution in [0.15, 0.2) is 146 Å². The highest BCUT2D eigenvalue weighted by molar-refractivity contribution is 7.26. The molecule has 0 atom stereocenters. The van der Waals surface area contributed by atoms with E-state index in [9.17, 15) is 0 Å². The van der Waals surface area contributed by atoms with Gasteiger partial charge in [0.15, 0.2) is 17.5 Å². The van der Waals surface area contributed by atoms with E-state index in [1.165, 1.54) is 52.9 Å². The van der Waals surface area contributed by atoms with Gasteiger partial charge in [-0.2, -0.15) is 0 Å². The summed E-state index contributed by atoms with van der Waals surface area (Å²) in [5, 5.41) is 6.26. The number of nitrogens with zero attached hydrogens (tertiary/aromatic N) is 4. The zero-order valence-electron chi connectivity index (χ0n) is 27.1. The fourth-order valence-electron chi connectivity index (χ4n) is 7.36. The van der Waals surface area contributed by atoms with Crippen LogP contribution in [0.1, 0.15) is 12.8 Å². The molecule has 236 valence electrons. The maximum Gasteiger partial charge on any atom is 0.164 e. The van der Waals surface area contributed by atoms with E-state index in [1.54, 1.807) is 0 Å². The van der Waals surface area contributed by atoms with Crippen molar-refractivity contribution in [1.82, 2.24) is 19.5 Å². The average molecular weight is 659 g/mol. The molecule has 0 saturated carbocycles. The Morgan fingerprint density at radius 1 is 0.480 bits per heavy atom. The summed E-state index contributed by atoms with van der Waals surface area (Å²) in [6.07, 6.45) is 6.90. The Morgan fingerprint density at radius 2 is 1.12 bits per heavy atom. The molecule has 10 rings (SSSR count). The maximum absolute atomic E-state index is 5.19. The van der Waals surface area contributed by atoms with Crippen LogP contribution in [0, 0.1) is 0 Å². The van der Waals surface area contributed by atoms with Gasteiger partial charge in [0.25, 0.3) is 0 Å². The quantitative estimate of drug-likeness (QED) is 0.185. The third-order valence-electron chi connectivity index (χ3n) is 9.66. The third kappa shape index (κ3) is 4.78. The number of hydrogen-bond donors (Lipinski definition) is 0. The lowest BCUT2D eigenvalue weighted by molar-refractivity contribution is 1.02. The van der Waals surface area contributed by atoms with Crippen LogP contribution in [0.4, 0.5) is 0 Å². The summed E-state index contributed by atoms with van der Waals surface area (Å²) in [7, 11) is 0. The van der Waals surface area contributed by atoms with E-state index in [2.05, 4.69) is 126 Å². The normalized spacial score (nSPS) is 12.6. The largest absolute Gasteiger partial charge is 0.310 e. The Kier molecular flexibility index (Phi) is 6.78. The summed E-state index contributed by atoms with van der Waals surface area (Å²) >= 11 is 1.82. The van der Waals surface area contributed by atoms with Gasteiger partial charge >= 0.3 is 0 Å². The van der Waals surface area contributed by atoms with E-state index in [0.717, 1.165) is 35.1 Å². The Labute approximate surface area is 293 Å². The number of rotatable bonds is 5. The Hall–Kier alpha value is -6.17. The van der Waals surface area contributed by atoms with Gasteiger partial charge in [-0.3, -0.25) is 0 Å². The summed E-state index contributed by atoms with van der Waals surface area (Å²) in [5.74, 6) is 1.99. The van der Waals surface area contributed by atoms with Gasteiger partial charge in [0.1, 0.15) is 0 Å². The lowest BCUT2D eigenvalue weighted by Crippen LogP contribution is -2.30. The third-order valence-corrected chi connectivity index (χ3v) is 10.8. The van der Waals surface area contributed by atoms with E-state index in [4.69, 9.17) is 15.0 Å². The molecule has 0 unspecified atom stereocenters. The maximum atomic E-state index is 5.19. The second kappa shape index (κ2) is 11.8. The second-order valence-corrected chi connectivity index (χ2v) is 13.8. The minimum absolute atomic E-state index is 0.662. The number of aromatic nitrogens is 4. The average Bonchev–Trinajstić information content (AvgIpc) is 3.74. The summed E-state index contributed by atoms with van der Waals surface area (Å²) in [4.78, 5) is 15.4. The van der Waals surface area contributed by atoms with Crippen molar-refractivity contribution in [2.24, 2.45) is 0 Å². The lowest BCUT2D eigenvalue weighted by Gasteiger charge is -2.12. The molecule has 0 fully saturated rings. The number of fused-ring (bicyclic) bond motifs is 6. The van der Waals surface area contributed by atoms with Gasteiger partial charge in [-0.25, -0.2) is 15.0 Å². The molecule has 0 amide bonds. The van der Waals surface area contributed by atoms with Crippen LogP contribution in [-0.2, 0) is 0 Å². The molecular weight excluding hydrogens is 629 g/mol. The van der Waals surface area contributed by atoms with Crippen molar-refractivity contribution in [2.75, 3.05) is 0 Å². The van der Waals surface area contributed by atoms with Crippen molar-refractivity contribution in [3.8, 4) is 51.0 Å². The molecular formula is C45H30N4S. The standard InChI is InChI=1S/C45H30N4S/c1-4-14-29(15-5-1)43-46-44(30-16-6-2-7-17-30)48-45(47-43)37-27-32(28-41-42(37)35-21-11-13-23-40(35)50-41)31-24-25-39-36(26-31)34-20-10-12-22-38(34)49(39)33-18-8-3-9-19-33/h1-9,11,13-28H,10,12H2. The monoisotopic (exact) mass is 658 g/mol. The Balaban J connectivity index is 1.24. The molecule has 0 radical (unpaired) electrons. The molecule has 0 saturated heterocycles. The van der Waals surface area contributed by atoms with Crippen LogP contribution in [0.5, 0.6) is 0 Å². The minimum atomic E-state index is 0.662. The zero-order valence-corrected chi connectivity index (χ0v) is 27.9. The van der Waals surface area contributed by atoms with Crippen LogP contribution in [-0.4, -0.2) is 19.5 Å². The van der Waals surface area contributed by atoms with Gasteiger partial charge in [-0.15, -0.1) is 11.3 Å². The highest BCUT2D eigenvalue weighted by atomic mass is 32.1.